The molecule has 112 valence electrons. The van der Waals surface area contributed by atoms with Gasteiger partial charge < -0.3 is 9.47 Å². The van der Waals surface area contributed by atoms with E-state index in [1.807, 2.05) is 22.9 Å². The molecule has 1 unspecified atom stereocenters. The number of aryl methyl sites for hydroxylation is 1. The van der Waals surface area contributed by atoms with Crippen LogP contribution in [0.3, 0.4) is 0 Å². The smallest absolute Gasteiger partial charge is 0.258 e. The standard InChI is InChI=1S/C17H20N2O.ClH/c1-12-3-2-4-15-14(12)7-10-19(17(15)20)16-11-18-8-5-13(16)6-9-18;/h2-4,7,10,13,16H,5-6,8-9,11H2,1H3;1H. The first-order valence-electron chi connectivity index (χ1n) is 7.57. The molecule has 2 aromatic rings. The second-order valence-electron chi connectivity index (χ2n) is 6.27. The Hall–Kier alpha value is -1.32. The number of rotatable bonds is 1. The summed E-state index contributed by atoms with van der Waals surface area (Å²) in [5.74, 6) is 0.681. The summed E-state index contributed by atoms with van der Waals surface area (Å²) in [4.78, 5) is 15.3. The van der Waals surface area contributed by atoms with Gasteiger partial charge in [-0.2, -0.15) is 0 Å². The lowest BCUT2D eigenvalue weighted by atomic mass is 9.83. The highest BCUT2D eigenvalue weighted by molar-refractivity contribution is 5.85. The SMILES string of the molecule is Cc1cccc2c(=O)n(C3CN4CCC3CC4)ccc12.Cl. The number of hydrogen-bond acceptors (Lipinski definition) is 2. The maximum absolute atomic E-state index is 12.8. The van der Waals surface area contributed by atoms with Crippen molar-refractivity contribution in [2.45, 2.75) is 25.8 Å². The zero-order valence-electron chi connectivity index (χ0n) is 12.3. The molecule has 3 aliphatic rings. The van der Waals surface area contributed by atoms with Gasteiger partial charge in [-0.25, -0.2) is 0 Å². The molecular formula is C17H21ClN2O. The fourth-order valence-corrected chi connectivity index (χ4v) is 3.96. The van der Waals surface area contributed by atoms with Crippen LogP contribution < -0.4 is 5.56 Å². The summed E-state index contributed by atoms with van der Waals surface area (Å²) in [7, 11) is 0. The minimum atomic E-state index is 0. The van der Waals surface area contributed by atoms with Crippen LogP contribution in [0.4, 0.5) is 0 Å². The Balaban J connectivity index is 0.00000132. The van der Waals surface area contributed by atoms with Crippen molar-refractivity contribution in [1.29, 1.82) is 0 Å². The van der Waals surface area contributed by atoms with E-state index in [-0.39, 0.29) is 18.0 Å². The first-order valence-corrected chi connectivity index (χ1v) is 7.57. The first-order chi connectivity index (χ1) is 9.74. The van der Waals surface area contributed by atoms with Crippen molar-refractivity contribution in [2.24, 2.45) is 5.92 Å². The molecule has 0 saturated carbocycles. The van der Waals surface area contributed by atoms with E-state index in [4.69, 9.17) is 0 Å². The number of fused-ring (bicyclic) bond motifs is 4. The Morgan fingerprint density at radius 3 is 2.52 bits per heavy atom. The van der Waals surface area contributed by atoms with Gasteiger partial charge in [0.05, 0.1) is 6.04 Å². The van der Waals surface area contributed by atoms with Crippen molar-refractivity contribution in [3.05, 3.63) is 46.4 Å². The predicted molar refractivity (Wildman–Crippen MR) is 88.4 cm³/mol. The van der Waals surface area contributed by atoms with Gasteiger partial charge >= 0.3 is 0 Å². The van der Waals surface area contributed by atoms with Crippen LogP contribution in [0.5, 0.6) is 0 Å². The average Bonchev–Trinajstić information content (AvgIpc) is 2.50. The van der Waals surface area contributed by atoms with Gasteiger partial charge in [-0.15, -0.1) is 12.4 Å². The maximum Gasteiger partial charge on any atom is 0.258 e. The van der Waals surface area contributed by atoms with Crippen molar-refractivity contribution in [2.75, 3.05) is 19.6 Å². The van der Waals surface area contributed by atoms with Crippen LogP contribution in [-0.4, -0.2) is 29.1 Å². The van der Waals surface area contributed by atoms with Crippen molar-refractivity contribution in [3.63, 3.8) is 0 Å². The average molecular weight is 305 g/mol. The monoisotopic (exact) mass is 304 g/mol. The zero-order chi connectivity index (χ0) is 13.7. The van der Waals surface area contributed by atoms with Crippen LogP contribution in [0, 0.1) is 12.8 Å². The number of aromatic nitrogens is 1. The lowest BCUT2D eigenvalue weighted by molar-refractivity contribution is 0.0556. The Kier molecular flexibility index (Phi) is 3.80. The third kappa shape index (κ3) is 2.29. The van der Waals surface area contributed by atoms with Crippen LogP contribution in [0.2, 0.25) is 0 Å². The molecule has 3 saturated heterocycles. The molecule has 4 heteroatoms. The molecule has 5 rings (SSSR count). The van der Waals surface area contributed by atoms with Crippen molar-refractivity contribution < 1.29 is 0 Å². The molecule has 3 nitrogen and oxygen atoms in total. The molecule has 3 fully saturated rings. The van der Waals surface area contributed by atoms with Crippen molar-refractivity contribution >= 4 is 23.2 Å². The fourth-order valence-electron chi connectivity index (χ4n) is 3.96. The second-order valence-corrected chi connectivity index (χ2v) is 6.27. The molecular weight excluding hydrogens is 284 g/mol. The van der Waals surface area contributed by atoms with E-state index in [1.54, 1.807) is 0 Å². The Morgan fingerprint density at radius 1 is 1.10 bits per heavy atom. The van der Waals surface area contributed by atoms with Gasteiger partial charge in [-0.3, -0.25) is 4.79 Å². The summed E-state index contributed by atoms with van der Waals surface area (Å²) >= 11 is 0. The number of piperidine rings is 3. The lowest BCUT2D eigenvalue weighted by Crippen LogP contribution is -2.49. The van der Waals surface area contributed by atoms with Crippen molar-refractivity contribution in [3.8, 4) is 0 Å². The van der Waals surface area contributed by atoms with E-state index in [0.717, 1.165) is 17.3 Å². The second kappa shape index (κ2) is 5.47. The molecule has 1 atom stereocenters. The number of benzene rings is 1. The third-order valence-electron chi connectivity index (χ3n) is 5.17. The van der Waals surface area contributed by atoms with Gasteiger partial charge in [0.25, 0.3) is 5.56 Å². The van der Waals surface area contributed by atoms with Gasteiger partial charge in [0, 0.05) is 18.1 Å². The Labute approximate surface area is 131 Å². The van der Waals surface area contributed by atoms with Gasteiger partial charge in [-0.1, -0.05) is 12.1 Å². The zero-order valence-corrected chi connectivity index (χ0v) is 13.1. The molecule has 1 aromatic heterocycles. The van der Waals surface area contributed by atoms with E-state index in [9.17, 15) is 4.79 Å². The summed E-state index contributed by atoms with van der Waals surface area (Å²) in [5.41, 5.74) is 1.37. The van der Waals surface area contributed by atoms with E-state index in [1.165, 1.54) is 31.5 Å². The maximum atomic E-state index is 12.8. The highest BCUT2D eigenvalue weighted by Crippen LogP contribution is 2.35. The third-order valence-corrected chi connectivity index (χ3v) is 5.17. The van der Waals surface area contributed by atoms with Crippen LogP contribution in [0.15, 0.2) is 35.3 Å². The minimum Gasteiger partial charge on any atom is -0.310 e. The van der Waals surface area contributed by atoms with Gasteiger partial charge in [0.15, 0.2) is 0 Å². The topological polar surface area (TPSA) is 25.2 Å². The molecule has 21 heavy (non-hydrogen) atoms. The quantitative estimate of drug-likeness (QED) is 0.809. The summed E-state index contributed by atoms with van der Waals surface area (Å²) in [6.07, 6.45) is 4.50. The summed E-state index contributed by atoms with van der Waals surface area (Å²) < 4.78 is 2.00. The molecule has 4 heterocycles. The molecule has 0 spiro atoms. The molecule has 0 amide bonds. The van der Waals surface area contributed by atoms with E-state index >= 15 is 0 Å². The van der Waals surface area contributed by atoms with E-state index in [2.05, 4.69) is 24.0 Å². The van der Waals surface area contributed by atoms with Crippen molar-refractivity contribution in [1.82, 2.24) is 9.47 Å². The van der Waals surface area contributed by atoms with E-state index in [0.29, 0.717) is 12.0 Å². The highest BCUT2D eigenvalue weighted by Gasteiger charge is 2.35. The minimum absolute atomic E-state index is 0. The number of halogens is 1. The highest BCUT2D eigenvalue weighted by atomic mass is 35.5. The molecule has 0 N–H and O–H groups in total. The van der Waals surface area contributed by atoms with Gasteiger partial charge in [-0.05, 0) is 61.9 Å². The normalized spacial score (nSPS) is 27.6. The summed E-state index contributed by atoms with van der Waals surface area (Å²) in [6, 6.07) is 8.50. The number of nitrogens with zero attached hydrogens (tertiary/aromatic N) is 2. The largest absolute Gasteiger partial charge is 0.310 e. The lowest BCUT2D eigenvalue weighted by Gasteiger charge is -2.45. The van der Waals surface area contributed by atoms with Gasteiger partial charge in [0.1, 0.15) is 0 Å². The van der Waals surface area contributed by atoms with Gasteiger partial charge in [0.2, 0.25) is 0 Å². The molecule has 2 bridgehead atoms. The summed E-state index contributed by atoms with van der Waals surface area (Å²) in [6.45, 7) is 5.54. The molecule has 0 aliphatic carbocycles. The summed E-state index contributed by atoms with van der Waals surface area (Å²) in [5, 5.41) is 1.96. The molecule has 3 aliphatic heterocycles. The Morgan fingerprint density at radius 2 is 1.86 bits per heavy atom. The van der Waals surface area contributed by atoms with Crippen LogP contribution >= 0.6 is 12.4 Å². The predicted octanol–water partition coefficient (Wildman–Crippen LogP) is 3.00. The Bertz CT molecular complexity index is 716. The first kappa shape index (κ1) is 14.6. The van der Waals surface area contributed by atoms with Crippen LogP contribution in [0.25, 0.3) is 10.8 Å². The number of pyridine rings is 1. The molecule has 0 radical (unpaired) electrons. The fraction of sp³-hybridized carbons (Fsp3) is 0.471. The van der Waals surface area contributed by atoms with Crippen LogP contribution in [-0.2, 0) is 0 Å². The molecule has 1 aromatic carbocycles. The number of hydrogen-bond donors (Lipinski definition) is 0. The van der Waals surface area contributed by atoms with Crippen LogP contribution in [0.1, 0.15) is 24.4 Å². The van der Waals surface area contributed by atoms with E-state index < -0.39 is 0 Å².